The van der Waals surface area contributed by atoms with Gasteiger partial charge in [0.1, 0.15) is 5.01 Å². The Hall–Kier alpha value is -2.25. The predicted octanol–water partition coefficient (Wildman–Crippen LogP) is 4.05. The van der Waals surface area contributed by atoms with Crippen LogP contribution in [0, 0.1) is 0 Å². The number of thiophene rings is 1. The number of esters is 1. The first-order valence-electron chi connectivity index (χ1n) is 7.86. The number of rotatable bonds is 6. The van der Waals surface area contributed by atoms with Gasteiger partial charge in [-0.05, 0) is 30.7 Å². The summed E-state index contributed by atoms with van der Waals surface area (Å²) in [7, 11) is 3.11. The number of carbonyl (C=O) groups excluding carboxylic acids is 2. The molecule has 0 unspecified atom stereocenters. The third-order valence-electron chi connectivity index (χ3n) is 3.77. The minimum atomic E-state index is -0.255. The van der Waals surface area contributed by atoms with Gasteiger partial charge in [-0.15, -0.1) is 22.7 Å². The molecule has 0 N–H and O–H groups in total. The minimum Gasteiger partial charge on any atom is -0.469 e. The van der Waals surface area contributed by atoms with Crippen LogP contribution in [-0.2, 0) is 9.53 Å². The Labute approximate surface area is 153 Å². The number of carbonyl (C=O) groups is 2. The fourth-order valence-electron chi connectivity index (χ4n) is 2.40. The molecule has 1 aromatic carbocycles. The monoisotopic (exact) mass is 374 g/mol. The molecule has 3 rings (SSSR count). The van der Waals surface area contributed by atoms with E-state index < -0.39 is 0 Å². The Morgan fingerprint density at radius 1 is 1.16 bits per heavy atom. The van der Waals surface area contributed by atoms with Crippen LogP contribution in [0.5, 0.6) is 0 Å². The highest BCUT2D eigenvalue weighted by molar-refractivity contribution is 7.26. The van der Waals surface area contributed by atoms with E-state index in [1.165, 1.54) is 18.4 Å². The highest BCUT2D eigenvalue weighted by Gasteiger charge is 2.16. The number of benzene rings is 1. The zero-order valence-electron chi connectivity index (χ0n) is 14.0. The molecule has 3 aromatic rings. The first kappa shape index (κ1) is 17.6. The molecular formula is C18H18N2O3S2. The second-order valence-electron chi connectivity index (χ2n) is 5.56. The van der Waals surface area contributed by atoms with E-state index in [-0.39, 0.29) is 11.9 Å². The topological polar surface area (TPSA) is 59.5 Å². The predicted molar refractivity (Wildman–Crippen MR) is 101 cm³/mol. The summed E-state index contributed by atoms with van der Waals surface area (Å²) in [4.78, 5) is 31.6. The molecule has 0 aliphatic carbocycles. The molecule has 2 heterocycles. The summed E-state index contributed by atoms with van der Waals surface area (Å²) >= 11 is 3.07. The lowest BCUT2D eigenvalue weighted by molar-refractivity contribution is -0.140. The van der Waals surface area contributed by atoms with Crippen molar-refractivity contribution in [2.24, 2.45) is 0 Å². The lowest BCUT2D eigenvalue weighted by atomic mass is 10.3. The van der Waals surface area contributed by atoms with Crippen molar-refractivity contribution in [3.8, 4) is 9.88 Å². The minimum absolute atomic E-state index is 0.0396. The van der Waals surface area contributed by atoms with Crippen LogP contribution in [-0.4, -0.2) is 42.5 Å². The van der Waals surface area contributed by atoms with E-state index in [0.29, 0.717) is 24.3 Å². The van der Waals surface area contributed by atoms with Gasteiger partial charge in [-0.3, -0.25) is 9.59 Å². The molecule has 25 heavy (non-hydrogen) atoms. The molecule has 1 amide bonds. The van der Waals surface area contributed by atoms with Crippen molar-refractivity contribution in [3.63, 3.8) is 0 Å². The fourth-order valence-corrected chi connectivity index (χ4v) is 4.42. The maximum absolute atomic E-state index is 12.5. The van der Waals surface area contributed by atoms with Crippen LogP contribution < -0.4 is 0 Å². The van der Waals surface area contributed by atoms with Crippen LogP contribution in [0.2, 0.25) is 0 Å². The van der Waals surface area contributed by atoms with Crippen LogP contribution in [0.1, 0.15) is 22.5 Å². The molecule has 0 atom stereocenters. The van der Waals surface area contributed by atoms with Crippen LogP contribution in [0.4, 0.5) is 0 Å². The smallest absolute Gasteiger partial charge is 0.305 e. The number of thiazole rings is 1. The van der Waals surface area contributed by atoms with Gasteiger partial charge in [0, 0.05) is 20.0 Å². The molecule has 0 aliphatic heterocycles. The van der Waals surface area contributed by atoms with Crippen LogP contribution >= 0.6 is 22.7 Å². The summed E-state index contributed by atoms with van der Waals surface area (Å²) in [6, 6.07) is 11.8. The van der Waals surface area contributed by atoms with E-state index in [1.807, 2.05) is 36.4 Å². The van der Waals surface area contributed by atoms with E-state index in [0.717, 1.165) is 20.1 Å². The van der Waals surface area contributed by atoms with Crippen LogP contribution in [0.3, 0.4) is 0 Å². The number of nitrogens with zero attached hydrogens (tertiary/aromatic N) is 2. The maximum atomic E-state index is 12.5. The molecule has 0 bridgehead atoms. The van der Waals surface area contributed by atoms with Crippen molar-refractivity contribution in [3.05, 3.63) is 41.3 Å². The van der Waals surface area contributed by atoms with Crippen LogP contribution in [0.25, 0.3) is 20.1 Å². The third kappa shape index (κ3) is 4.05. The Morgan fingerprint density at radius 2 is 1.96 bits per heavy atom. The molecule has 0 saturated carbocycles. The number of fused-ring (bicyclic) bond motifs is 1. The number of ether oxygens (including phenoxy) is 1. The lowest BCUT2D eigenvalue weighted by Crippen LogP contribution is -2.27. The molecule has 7 heteroatoms. The largest absolute Gasteiger partial charge is 0.469 e. The van der Waals surface area contributed by atoms with Gasteiger partial charge in [-0.1, -0.05) is 12.1 Å². The fraction of sp³-hybridized carbons (Fsp3) is 0.278. The quantitative estimate of drug-likeness (QED) is 0.611. The summed E-state index contributed by atoms with van der Waals surface area (Å²) in [6.07, 6.45) is 0.903. The second-order valence-corrected chi connectivity index (χ2v) is 7.67. The molecule has 0 radical (unpaired) electrons. The Balaban J connectivity index is 1.67. The van der Waals surface area contributed by atoms with Gasteiger partial charge in [0.2, 0.25) is 0 Å². The number of amides is 1. The molecule has 5 nitrogen and oxygen atoms in total. The van der Waals surface area contributed by atoms with E-state index in [9.17, 15) is 9.59 Å². The van der Waals surface area contributed by atoms with Crippen molar-refractivity contribution in [1.29, 1.82) is 0 Å². The summed E-state index contributed by atoms with van der Waals surface area (Å²) < 4.78 is 5.75. The average molecular weight is 374 g/mol. The van der Waals surface area contributed by atoms with Crippen molar-refractivity contribution in [1.82, 2.24) is 9.88 Å². The maximum Gasteiger partial charge on any atom is 0.305 e. The number of aromatic nitrogens is 1. The first-order valence-corrected chi connectivity index (χ1v) is 9.50. The van der Waals surface area contributed by atoms with E-state index in [2.05, 4.69) is 9.72 Å². The number of para-hydroxylation sites is 1. The third-order valence-corrected chi connectivity index (χ3v) is 6.05. The van der Waals surface area contributed by atoms with Gasteiger partial charge in [-0.25, -0.2) is 4.98 Å². The zero-order chi connectivity index (χ0) is 17.8. The van der Waals surface area contributed by atoms with Gasteiger partial charge >= 0.3 is 5.97 Å². The van der Waals surface area contributed by atoms with Gasteiger partial charge in [0.05, 0.1) is 27.1 Å². The van der Waals surface area contributed by atoms with Crippen molar-refractivity contribution in [2.75, 3.05) is 20.7 Å². The van der Waals surface area contributed by atoms with Crippen molar-refractivity contribution >= 4 is 44.8 Å². The zero-order valence-corrected chi connectivity index (χ0v) is 15.7. The summed E-state index contributed by atoms with van der Waals surface area (Å²) in [5.74, 6) is -0.294. The standard InChI is InChI=1S/C18H18N2O3S2/c1-20(11-5-8-16(21)23-2)18(22)15-10-9-14(24-15)17-19-12-6-3-4-7-13(12)25-17/h3-4,6-7,9-10H,5,8,11H2,1-2H3. The number of methoxy groups -OCH3 is 1. The van der Waals surface area contributed by atoms with Crippen molar-refractivity contribution < 1.29 is 14.3 Å². The summed E-state index contributed by atoms with van der Waals surface area (Å²) in [5.41, 5.74) is 0.976. The lowest BCUT2D eigenvalue weighted by Gasteiger charge is -2.15. The number of hydrogen-bond acceptors (Lipinski definition) is 6. The van der Waals surface area contributed by atoms with E-state index >= 15 is 0 Å². The van der Waals surface area contributed by atoms with Crippen molar-refractivity contribution in [2.45, 2.75) is 12.8 Å². The molecule has 0 aliphatic rings. The highest BCUT2D eigenvalue weighted by Crippen LogP contribution is 2.34. The van der Waals surface area contributed by atoms with Gasteiger partial charge in [0.15, 0.2) is 0 Å². The van der Waals surface area contributed by atoms with Gasteiger partial charge in [0.25, 0.3) is 5.91 Å². The van der Waals surface area contributed by atoms with E-state index in [4.69, 9.17) is 0 Å². The Morgan fingerprint density at radius 3 is 2.72 bits per heavy atom. The molecular weight excluding hydrogens is 356 g/mol. The second kappa shape index (κ2) is 7.76. The molecule has 0 fully saturated rings. The first-order chi connectivity index (χ1) is 12.1. The van der Waals surface area contributed by atoms with Gasteiger partial charge in [-0.2, -0.15) is 0 Å². The number of hydrogen-bond donors (Lipinski definition) is 0. The molecule has 2 aromatic heterocycles. The Bertz CT molecular complexity index is 868. The summed E-state index contributed by atoms with van der Waals surface area (Å²) in [6.45, 7) is 0.516. The SMILES string of the molecule is COC(=O)CCCN(C)C(=O)c1ccc(-c2nc3ccccc3s2)s1. The molecule has 0 spiro atoms. The van der Waals surface area contributed by atoms with Gasteiger partial charge < -0.3 is 9.64 Å². The summed E-state index contributed by atoms with van der Waals surface area (Å²) in [5, 5.41) is 0.929. The Kier molecular flexibility index (Phi) is 5.45. The van der Waals surface area contributed by atoms with E-state index in [1.54, 1.807) is 23.3 Å². The molecule has 0 saturated heterocycles. The molecule has 130 valence electrons. The average Bonchev–Trinajstić information content (AvgIpc) is 3.27. The van der Waals surface area contributed by atoms with Crippen LogP contribution in [0.15, 0.2) is 36.4 Å². The normalized spacial score (nSPS) is 10.8. The highest BCUT2D eigenvalue weighted by atomic mass is 32.1.